The quantitative estimate of drug-likeness (QED) is 0.569. The maximum Gasteiger partial charge on any atom is 0.343 e. The van der Waals surface area contributed by atoms with Crippen LogP contribution in [-0.2, 0) is 23.7 Å². The first-order chi connectivity index (χ1) is 14.0. The Labute approximate surface area is 169 Å². The number of aliphatic hydroxyl groups is 1. The van der Waals surface area contributed by atoms with E-state index in [0.717, 1.165) is 19.4 Å². The molecule has 6 heterocycles. The normalized spacial score (nSPS) is 51.4. The number of piperidine rings is 1. The smallest absolute Gasteiger partial charge is 0.343 e. The van der Waals surface area contributed by atoms with E-state index < -0.39 is 5.79 Å². The van der Waals surface area contributed by atoms with Crippen LogP contribution in [0.3, 0.4) is 0 Å². The Morgan fingerprint density at radius 3 is 3.00 bits per heavy atom. The molecule has 0 amide bonds. The van der Waals surface area contributed by atoms with Crippen molar-refractivity contribution in [2.24, 2.45) is 17.8 Å². The van der Waals surface area contributed by atoms with Crippen LogP contribution >= 0.6 is 0 Å². The van der Waals surface area contributed by atoms with Gasteiger partial charge in [-0.1, -0.05) is 19.1 Å². The van der Waals surface area contributed by atoms with Gasteiger partial charge in [-0.05, 0) is 26.2 Å². The molecule has 0 aromatic carbocycles. The number of nitrogens with zero attached hydrogens (tertiary/aromatic N) is 1. The second-order valence-corrected chi connectivity index (χ2v) is 9.13. The number of ether oxygens (including phenoxy) is 4. The van der Waals surface area contributed by atoms with E-state index in [2.05, 4.69) is 24.0 Å². The fourth-order valence-electron chi connectivity index (χ4n) is 7.26. The zero-order valence-electron chi connectivity index (χ0n) is 17.0. The maximum atomic E-state index is 12.2. The summed E-state index contributed by atoms with van der Waals surface area (Å²) < 4.78 is 24.5. The van der Waals surface area contributed by atoms with Gasteiger partial charge in [0, 0.05) is 25.1 Å². The Hall–Kier alpha value is -1.83. The minimum Gasteiger partial charge on any atom is -0.492 e. The molecule has 29 heavy (non-hydrogen) atoms. The fraction of sp³-hybridized carbons (Fsp3) is 0.682. The van der Waals surface area contributed by atoms with Gasteiger partial charge in [0.15, 0.2) is 5.76 Å². The molecule has 8 atom stereocenters. The van der Waals surface area contributed by atoms with Crippen molar-refractivity contribution in [1.82, 2.24) is 4.90 Å². The van der Waals surface area contributed by atoms with Crippen LogP contribution in [0, 0.1) is 17.8 Å². The standard InChI is InChI=1S/C22H27NO6/c1-11-16-13-10-15-21(7-4-5-9-24)14(6-8-23(13)21)22(16,28-15)29-18(11)19-17(26-3)12(2)20(25)27-19/h4,7,11,13-16,24H,5-6,8-10H2,1-3H3/b7-4+,19-18-/t11-,13-,14-,15+,16+,21-,22+/m0/s1. The average molecular weight is 401 g/mol. The molecule has 0 saturated carbocycles. The number of esters is 1. The molecule has 5 fully saturated rings. The minimum absolute atomic E-state index is 0.0698. The van der Waals surface area contributed by atoms with E-state index in [1.165, 1.54) is 0 Å². The maximum absolute atomic E-state index is 12.2. The summed E-state index contributed by atoms with van der Waals surface area (Å²) in [5, 5.41) is 9.23. The molecule has 7 nitrogen and oxygen atoms in total. The van der Waals surface area contributed by atoms with Crippen LogP contribution in [0.2, 0.25) is 0 Å². The van der Waals surface area contributed by atoms with Crippen LogP contribution in [0.25, 0.3) is 0 Å². The molecule has 156 valence electrons. The van der Waals surface area contributed by atoms with Crippen molar-refractivity contribution in [2.75, 3.05) is 20.3 Å². The van der Waals surface area contributed by atoms with Gasteiger partial charge in [0.25, 0.3) is 0 Å². The largest absolute Gasteiger partial charge is 0.492 e. The van der Waals surface area contributed by atoms with E-state index in [9.17, 15) is 9.90 Å². The molecule has 5 bridgehead atoms. The van der Waals surface area contributed by atoms with Crippen molar-refractivity contribution in [1.29, 1.82) is 0 Å². The van der Waals surface area contributed by atoms with Crippen molar-refractivity contribution in [3.8, 4) is 0 Å². The molecule has 1 unspecified atom stereocenters. The lowest BCUT2D eigenvalue weighted by Gasteiger charge is -2.47. The molecule has 7 heteroatoms. The van der Waals surface area contributed by atoms with Crippen LogP contribution in [0.5, 0.6) is 0 Å². The summed E-state index contributed by atoms with van der Waals surface area (Å²) in [6, 6.07) is 0.382. The van der Waals surface area contributed by atoms with Crippen molar-refractivity contribution in [3.05, 3.63) is 35.0 Å². The van der Waals surface area contributed by atoms with Crippen LogP contribution in [-0.4, -0.2) is 59.7 Å². The zero-order chi connectivity index (χ0) is 20.1. The summed E-state index contributed by atoms with van der Waals surface area (Å²) >= 11 is 0. The van der Waals surface area contributed by atoms with E-state index in [0.29, 0.717) is 35.3 Å². The molecule has 6 aliphatic heterocycles. The van der Waals surface area contributed by atoms with Crippen LogP contribution in [0.4, 0.5) is 0 Å². The molecule has 0 aromatic rings. The third-order valence-electron chi connectivity index (χ3n) is 8.16. The highest BCUT2D eigenvalue weighted by Crippen LogP contribution is 2.72. The first-order valence-electron chi connectivity index (χ1n) is 10.6. The van der Waals surface area contributed by atoms with Crippen LogP contribution < -0.4 is 0 Å². The lowest BCUT2D eigenvalue weighted by molar-refractivity contribution is -0.255. The number of allylic oxidation sites excluding steroid dienone is 1. The van der Waals surface area contributed by atoms with Gasteiger partial charge in [-0.3, -0.25) is 4.90 Å². The van der Waals surface area contributed by atoms with Gasteiger partial charge < -0.3 is 24.1 Å². The Morgan fingerprint density at radius 2 is 2.24 bits per heavy atom. The first-order valence-corrected chi connectivity index (χ1v) is 10.6. The molecule has 5 saturated heterocycles. The van der Waals surface area contributed by atoms with Gasteiger partial charge in [0.05, 0.1) is 36.2 Å². The summed E-state index contributed by atoms with van der Waals surface area (Å²) in [5.41, 5.74) is 0.333. The van der Waals surface area contributed by atoms with Crippen LogP contribution in [0.15, 0.2) is 35.0 Å². The second-order valence-electron chi connectivity index (χ2n) is 9.13. The number of carbonyl (C=O) groups is 1. The van der Waals surface area contributed by atoms with E-state index in [-0.39, 0.29) is 42.0 Å². The molecule has 6 aliphatic rings. The van der Waals surface area contributed by atoms with Crippen LogP contribution in [0.1, 0.15) is 33.1 Å². The Balaban J connectivity index is 1.46. The van der Waals surface area contributed by atoms with E-state index in [1.807, 2.05) is 0 Å². The van der Waals surface area contributed by atoms with Gasteiger partial charge in [0.2, 0.25) is 11.5 Å². The molecule has 1 N–H and O–H groups in total. The average Bonchev–Trinajstić information content (AvgIpc) is 3.40. The SMILES string of the molecule is COC1=C(C)C(=O)O/C1=C1\O[C@@]23O[C@@H]4C[C@@H]([C@H]2[C@@H]1C)N1CC[C@H]3[C@@]41/C=C/CCO. The summed E-state index contributed by atoms with van der Waals surface area (Å²) in [4.78, 5) is 14.8. The second kappa shape index (κ2) is 5.65. The molecule has 0 aromatic heterocycles. The van der Waals surface area contributed by atoms with Gasteiger partial charge >= 0.3 is 5.97 Å². The van der Waals surface area contributed by atoms with Crippen molar-refractivity contribution < 1.29 is 28.8 Å². The Morgan fingerprint density at radius 1 is 1.41 bits per heavy atom. The summed E-state index contributed by atoms with van der Waals surface area (Å²) in [6.45, 7) is 5.07. The number of aliphatic hydroxyl groups excluding tert-OH is 1. The lowest BCUT2D eigenvalue weighted by Crippen LogP contribution is -2.60. The Bertz CT molecular complexity index is 892. The van der Waals surface area contributed by atoms with E-state index in [1.54, 1.807) is 14.0 Å². The molecule has 1 spiro atoms. The molecular formula is C22H27NO6. The third kappa shape index (κ3) is 1.84. The highest BCUT2D eigenvalue weighted by molar-refractivity contribution is 5.93. The zero-order valence-corrected chi connectivity index (χ0v) is 17.0. The number of methoxy groups -OCH3 is 1. The number of cyclic esters (lactones) is 1. The third-order valence-corrected chi connectivity index (χ3v) is 8.16. The molecule has 6 rings (SSSR count). The van der Waals surface area contributed by atoms with Gasteiger partial charge in [-0.25, -0.2) is 4.79 Å². The van der Waals surface area contributed by atoms with Crippen molar-refractivity contribution in [2.45, 2.75) is 56.6 Å². The fourth-order valence-corrected chi connectivity index (χ4v) is 7.26. The number of hydrogen-bond donors (Lipinski definition) is 1. The van der Waals surface area contributed by atoms with Gasteiger partial charge in [-0.15, -0.1) is 0 Å². The van der Waals surface area contributed by atoms with Gasteiger partial charge in [-0.2, -0.15) is 0 Å². The lowest BCUT2D eigenvalue weighted by atomic mass is 9.71. The molecule has 0 aliphatic carbocycles. The van der Waals surface area contributed by atoms with Crippen molar-refractivity contribution >= 4 is 5.97 Å². The highest BCUT2D eigenvalue weighted by atomic mass is 16.7. The molecule has 0 radical (unpaired) electrons. The first kappa shape index (κ1) is 18.0. The number of fused-ring (bicyclic) bond motifs is 1. The predicted molar refractivity (Wildman–Crippen MR) is 101 cm³/mol. The van der Waals surface area contributed by atoms with Crippen molar-refractivity contribution in [3.63, 3.8) is 0 Å². The summed E-state index contributed by atoms with van der Waals surface area (Å²) in [5.74, 6) is 1.03. The molecular weight excluding hydrogens is 374 g/mol. The number of carbonyl (C=O) groups excluding carboxylic acids is 1. The summed E-state index contributed by atoms with van der Waals surface area (Å²) in [6.07, 6.45) is 7.14. The number of hydrogen-bond acceptors (Lipinski definition) is 7. The number of rotatable bonds is 4. The minimum atomic E-state index is -0.673. The van der Waals surface area contributed by atoms with Gasteiger partial charge in [0.1, 0.15) is 5.76 Å². The monoisotopic (exact) mass is 401 g/mol. The highest BCUT2D eigenvalue weighted by Gasteiger charge is 2.83. The Kier molecular flexibility index (Phi) is 3.50. The van der Waals surface area contributed by atoms with E-state index in [4.69, 9.17) is 18.9 Å². The van der Waals surface area contributed by atoms with E-state index >= 15 is 0 Å². The summed E-state index contributed by atoms with van der Waals surface area (Å²) in [7, 11) is 1.56. The predicted octanol–water partition coefficient (Wildman–Crippen LogP) is 1.84. The topological polar surface area (TPSA) is 77.5 Å².